The molecule has 2 amide bonds. The third kappa shape index (κ3) is 4.57. The third-order valence-corrected chi connectivity index (χ3v) is 3.21. The summed E-state index contributed by atoms with van der Waals surface area (Å²) in [6.07, 6.45) is -0.990. The number of benzene rings is 1. The molecular formula is C16H16ClN3O5. The lowest BCUT2D eigenvalue weighted by Crippen LogP contribution is -2.21. The Bertz CT molecular complexity index is 832. The Morgan fingerprint density at radius 1 is 1.08 bits per heavy atom. The van der Waals surface area contributed by atoms with Crippen LogP contribution in [0.5, 0.6) is 11.8 Å². The van der Waals surface area contributed by atoms with Crippen molar-refractivity contribution in [1.29, 1.82) is 0 Å². The van der Waals surface area contributed by atoms with Crippen molar-refractivity contribution in [1.82, 2.24) is 4.57 Å². The molecule has 0 unspecified atom stereocenters. The van der Waals surface area contributed by atoms with E-state index in [0.717, 1.165) is 4.57 Å². The van der Waals surface area contributed by atoms with Crippen molar-refractivity contribution in [2.24, 2.45) is 10.2 Å². The van der Waals surface area contributed by atoms with Crippen molar-refractivity contribution in [3.8, 4) is 17.4 Å². The van der Waals surface area contributed by atoms with Crippen LogP contribution in [0.3, 0.4) is 0 Å². The van der Waals surface area contributed by atoms with E-state index in [-0.39, 0.29) is 28.0 Å². The summed E-state index contributed by atoms with van der Waals surface area (Å²) in [5.74, 6) is -1.34. The molecule has 8 nitrogen and oxygen atoms in total. The third-order valence-electron chi connectivity index (χ3n) is 2.89. The van der Waals surface area contributed by atoms with Gasteiger partial charge in [-0.05, 0) is 39.0 Å². The molecule has 0 aliphatic carbocycles. The molecular weight excluding hydrogens is 350 g/mol. The fraction of sp³-hybridized carbons (Fsp3) is 0.250. The van der Waals surface area contributed by atoms with Crippen LogP contribution in [0.2, 0.25) is 5.02 Å². The van der Waals surface area contributed by atoms with Gasteiger partial charge in [0.15, 0.2) is 11.8 Å². The molecule has 0 saturated carbocycles. The maximum atomic E-state index is 12.1. The van der Waals surface area contributed by atoms with E-state index in [1.54, 1.807) is 20.8 Å². The van der Waals surface area contributed by atoms with Crippen molar-refractivity contribution in [3.63, 3.8) is 0 Å². The van der Waals surface area contributed by atoms with Crippen LogP contribution in [0.25, 0.3) is 5.69 Å². The fourth-order valence-corrected chi connectivity index (χ4v) is 2.11. The van der Waals surface area contributed by atoms with E-state index in [0.29, 0.717) is 0 Å². The molecule has 132 valence electrons. The Balaban J connectivity index is 2.28. The number of amides is 2. The van der Waals surface area contributed by atoms with E-state index >= 15 is 0 Å². The zero-order chi connectivity index (χ0) is 18.8. The average Bonchev–Trinajstić information content (AvgIpc) is 2.83. The van der Waals surface area contributed by atoms with E-state index in [9.17, 15) is 19.8 Å². The van der Waals surface area contributed by atoms with Crippen LogP contribution in [-0.4, -0.2) is 32.4 Å². The van der Waals surface area contributed by atoms with Gasteiger partial charge >= 0.3 is 6.09 Å². The SMILES string of the molecule is CC(C)(C)OC(=O)N=NC(=O)c1ccc(Cl)c(-n2c(O)ccc2O)c1. The summed E-state index contributed by atoms with van der Waals surface area (Å²) in [6, 6.07) is 6.61. The monoisotopic (exact) mass is 365 g/mol. The second-order valence-corrected chi connectivity index (χ2v) is 6.44. The summed E-state index contributed by atoms with van der Waals surface area (Å²) in [6.45, 7) is 4.97. The van der Waals surface area contributed by atoms with Gasteiger partial charge in [-0.3, -0.25) is 9.36 Å². The van der Waals surface area contributed by atoms with Crippen LogP contribution in [0.1, 0.15) is 31.1 Å². The molecule has 0 bridgehead atoms. The highest BCUT2D eigenvalue weighted by atomic mass is 35.5. The van der Waals surface area contributed by atoms with Crippen molar-refractivity contribution >= 4 is 23.6 Å². The normalized spacial score (nSPS) is 11.7. The number of ether oxygens (including phenoxy) is 1. The van der Waals surface area contributed by atoms with Crippen LogP contribution in [0, 0.1) is 0 Å². The number of carbonyl (C=O) groups is 2. The molecule has 2 aromatic rings. The Kier molecular flexibility index (Phi) is 5.13. The van der Waals surface area contributed by atoms with Crippen molar-refractivity contribution in [2.75, 3.05) is 0 Å². The van der Waals surface area contributed by atoms with Gasteiger partial charge in [0, 0.05) is 17.7 Å². The molecule has 0 aliphatic rings. The molecule has 0 aliphatic heterocycles. The van der Waals surface area contributed by atoms with E-state index < -0.39 is 17.6 Å². The minimum Gasteiger partial charge on any atom is -0.494 e. The number of nitrogens with zero attached hydrogens (tertiary/aromatic N) is 3. The number of rotatable bonds is 2. The summed E-state index contributed by atoms with van der Waals surface area (Å²) in [7, 11) is 0. The largest absolute Gasteiger partial charge is 0.494 e. The van der Waals surface area contributed by atoms with Gasteiger partial charge in [-0.15, -0.1) is 0 Å². The van der Waals surface area contributed by atoms with Crippen molar-refractivity contribution in [3.05, 3.63) is 40.9 Å². The molecule has 0 atom stereocenters. The van der Waals surface area contributed by atoms with Gasteiger partial charge in [0.1, 0.15) is 5.60 Å². The molecule has 1 heterocycles. The average molecular weight is 366 g/mol. The zero-order valence-electron chi connectivity index (χ0n) is 13.7. The van der Waals surface area contributed by atoms with E-state index in [1.807, 2.05) is 0 Å². The standard InChI is InChI=1S/C16H16ClN3O5/c1-16(2,3)25-15(24)19-18-14(23)9-4-5-10(17)11(8-9)20-12(21)6-7-13(20)22/h4-8,21-22H,1-3H3. The molecule has 0 saturated heterocycles. The number of azo groups is 1. The summed E-state index contributed by atoms with van der Waals surface area (Å²) >= 11 is 6.05. The molecule has 9 heteroatoms. The molecule has 2 N–H and O–H groups in total. The van der Waals surface area contributed by atoms with Gasteiger partial charge in [-0.1, -0.05) is 21.8 Å². The van der Waals surface area contributed by atoms with Gasteiger partial charge in [0.2, 0.25) is 0 Å². The first-order valence-corrected chi connectivity index (χ1v) is 7.55. The lowest BCUT2D eigenvalue weighted by atomic mass is 10.2. The Labute approximate surface area is 148 Å². The predicted molar refractivity (Wildman–Crippen MR) is 89.5 cm³/mol. The lowest BCUT2D eigenvalue weighted by Gasteiger charge is -2.16. The van der Waals surface area contributed by atoms with E-state index in [1.165, 1.54) is 30.3 Å². The lowest BCUT2D eigenvalue weighted by molar-refractivity contribution is 0.0584. The van der Waals surface area contributed by atoms with Gasteiger partial charge in [0.05, 0.1) is 10.7 Å². The first-order valence-electron chi connectivity index (χ1n) is 7.17. The highest BCUT2D eigenvalue weighted by Crippen LogP contribution is 2.31. The van der Waals surface area contributed by atoms with Crippen molar-refractivity contribution < 1.29 is 24.5 Å². The second kappa shape index (κ2) is 6.94. The first-order chi connectivity index (χ1) is 11.6. The number of hydrogen-bond donors (Lipinski definition) is 2. The quantitative estimate of drug-likeness (QED) is 0.778. The molecule has 0 fully saturated rings. The molecule has 1 aromatic carbocycles. The highest BCUT2D eigenvalue weighted by Gasteiger charge is 2.17. The highest BCUT2D eigenvalue weighted by molar-refractivity contribution is 6.32. The summed E-state index contributed by atoms with van der Waals surface area (Å²) in [4.78, 5) is 23.5. The maximum Gasteiger partial charge on any atom is 0.453 e. The molecule has 1 aromatic heterocycles. The van der Waals surface area contributed by atoms with Gasteiger partial charge < -0.3 is 14.9 Å². The first kappa shape index (κ1) is 18.5. The number of aromatic hydroxyl groups is 2. The minimum atomic E-state index is -0.990. The Morgan fingerprint density at radius 2 is 1.68 bits per heavy atom. The van der Waals surface area contributed by atoms with E-state index in [2.05, 4.69) is 10.2 Å². The summed E-state index contributed by atoms with van der Waals surface area (Å²) in [5, 5.41) is 26.3. The molecule has 0 radical (unpaired) electrons. The minimum absolute atomic E-state index is 0.0548. The maximum absolute atomic E-state index is 12.1. The van der Waals surface area contributed by atoms with Crippen molar-refractivity contribution in [2.45, 2.75) is 26.4 Å². The fourth-order valence-electron chi connectivity index (χ4n) is 1.91. The topological polar surface area (TPSA) is 113 Å². The molecule has 2 rings (SSSR count). The van der Waals surface area contributed by atoms with Crippen LogP contribution in [0.15, 0.2) is 40.6 Å². The summed E-state index contributed by atoms with van der Waals surface area (Å²) < 4.78 is 5.96. The smallest absolute Gasteiger partial charge is 0.453 e. The van der Waals surface area contributed by atoms with Crippen LogP contribution in [-0.2, 0) is 4.74 Å². The second-order valence-electron chi connectivity index (χ2n) is 6.04. The van der Waals surface area contributed by atoms with Crippen LogP contribution in [0.4, 0.5) is 4.79 Å². The zero-order valence-corrected chi connectivity index (χ0v) is 14.5. The molecule has 25 heavy (non-hydrogen) atoms. The molecule has 0 spiro atoms. The number of aromatic nitrogens is 1. The summed E-state index contributed by atoms with van der Waals surface area (Å²) in [5.41, 5.74) is -0.532. The van der Waals surface area contributed by atoms with Crippen LogP contribution >= 0.6 is 11.6 Å². The van der Waals surface area contributed by atoms with E-state index in [4.69, 9.17) is 16.3 Å². The van der Waals surface area contributed by atoms with Gasteiger partial charge in [-0.25, -0.2) is 4.79 Å². The van der Waals surface area contributed by atoms with Gasteiger partial charge in [0.25, 0.3) is 5.91 Å². The number of halogens is 1. The Morgan fingerprint density at radius 3 is 2.24 bits per heavy atom. The number of carbonyl (C=O) groups excluding carboxylic acids is 2. The number of hydrogen-bond acceptors (Lipinski definition) is 5. The predicted octanol–water partition coefficient (Wildman–Crippen LogP) is 4.07. The van der Waals surface area contributed by atoms with Gasteiger partial charge in [-0.2, -0.15) is 0 Å². The van der Waals surface area contributed by atoms with Crippen LogP contribution < -0.4 is 0 Å². The Hall–Kier alpha value is -2.87.